The summed E-state index contributed by atoms with van der Waals surface area (Å²) in [4.78, 5) is 34.4. The minimum atomic E-state index is 0.0115. The molecular formula is C17H22N4O2S2. The highest BCUT2D eigenvalue weighted by Crippen LogP contribution is 2.36. The SMILES string of the molecule is CN(C)C(=O)c1ccc([C@@H]2CCCN2C(=O)CSc2nccn2C)s1. The number of amides is 2. The minimum Gasteiger partial charge on any atom is -0.344 e. The predicted octanol–water partition coefficient (Wildman–Crippen LogP) is 2.64. The van der Waals surface area contributed by atoms with E-state index in [0.29, 0.717) is 5.75 Å². The van der Waals surface area contributed by atoms with Gasteiger partial charge >= 0.3 is 0 Å². The zero-order valence-electron chi connectivity index (χ0n) is 14.6. The molecule has 0 bridgehead atoms. The Balaban J connectivity index is 1.67. The van der Waals surface area contributed by atoms with Crippen molar-refractivity contribution in [3.8, 4) is 0 Å². The molecule has 0 aliphatic carbocycles. The molecule has 1 fully saturated rings. The Labute approximate surface area is 155 Å². The van der Waals surface area contributed by atoms with E-state index in [0.717, 1.165) is 34.3 Å². The van der Waals surface area contributed by atoms with E-state index < -0.39 is 0 Å². The average molecular weight is 379 g/mol. The zero-order chi connectivity index (χ0) is 18.0. The number of likely N-dealkylation sites (tertiary alicyclic amines) is 1. The van der Waals surface area contributed by atoms with Crippen LogP contribution in [0.5, 0.6) is 0 Å². The van der Waals surface area contributed by atoms with Crippen molar-refractivity contribution in [2.45, 2.75) is 24.0 Å². The van der Waals surface area contributed by atoms with E-state index in [-0.39, 0.29) is 17.9 Å². The van der Waals surface area contributed by atoms with Crippen LogP contribution in [-0.4, -0.2) is 57.6 Å². The fraction of sp³-hybridized carbons (Fsp3) is 0.471. The van der Waals surface area contributed by atoms with Crippen LogP contribution in [0.15, 0.2) is 29.7 Å². The number of thioether (sulfide) groups is 1. The molecule has 0 radical (unpaired) electrons. The molecule has 3 heterocycles. The second-order valence-corrected chi connectivity index (χ2v) is 8.31. The Morgan fingerprint density at radius 3 is 2.88 bits per heavy atom. The van der Waals surface area contributed by atoms with Gasteiger partial charge in [-0.05, 0) is 25.0 Å². The average Bonchev–Trinajstić information content (AvgIpc) is 3.31. The smallest absolute Gasteiger partial charge is 0.263 e. The van der Waals surface area contributed by atoms with Crippen molar-refractivity contribution < 1.29 is 9.59 Å². The van der Waals surface area contributed by atoms with Crippen molar-refractivity contribution in [1.82, 2.24) is 19.4 Å². The summed E-state index contributed by atoms with van der Waals surface area (Å²) in [6, 6.07) is 3.94. The van der Waals surface area contributed by atoms with Gasteiger partial charge in [0, 0.05) is 45.0 Å². The highest BCUT2D eigenvalue weighted by molar-refractivity contribution is 7.99. The Morgan fingerprint density at radius 2 is 2.20 bits per heavy atom. The molecular weight excluding hydrogens is 356 g/mol. The maximum atomic E-state index is 12.7. The lowest BCUT2D eigenvalue weighted by Crippen LogP contribution is -2.31. The number of carbonyl (C=O) groups is 2. The molecule has 6 nitrogen and oxygen atoms in total. The lowest BCUT2D eigenvalue weighted by molar-refractivity contribution is -0.129. The molecule has 25 heavy (non-hydrogen) atoms. The molecule has 1 aliphatic rings. The maximum Gasteiger partial charge on any atom is 0.263 e. The van der Waals surface area contributed by atoms with Crippen LogP contribution in [0.2, 0.25) is 0 Å². The first-order chi connectivity index (χ1) is 12.0. The number of carbonyl (C=O) groups excluding carboxylic acids is 2. The van der Waals surface area contributed by atoms with Gasteiger partial charge in [0.15, 0.2) is 5.16 Å². The van der Waals surface area contributed by atoms with Crippen molar-refractivity contribution in [2.75, 3.05) is 26.4 Å². The highest BCUT2D eigenvalue weighted by Gasteiger charge is 2.31. The third kappa shape index (κ3) is 3.90. The van der Waals surface area contributed by atoms with Gasteiger partial charge in [-0.15, -0.1) is 11.3 Å². The van der Waals surface area contributed by atoms with Gasteiger partial charge in [0.25, 0.3) is 5.91 Å². The van der Waals surface area contributed by atoms with Gasteiger partial charge in [-0.2, -0.15) is 0 Å². The highest BCUT2D eigenvalue weighted by atomic mass is 32.2. The Morgan fingerprint density at radius 1 is 1.40 bits per heavy atom. The van der Waals surface area contributed by atoms with E-state index in [2.05, 4.69) is 4.98 Å². The molecule has 0 aromatic carbocycles. The van der Waals surface area contributed by atoms with Crippen LogP contribution < -0.4 is 0 Å². The van der Waals surface area contributed by atoms with Crippen molar-refractivity contribution in [3.63, 3.8) is 0 Å². The third-order valence-corrected chi connectivity index (χ3v) is 6.46. The normalized spacial score (nSPS) is 17.1. The summed E-state index contributed by atoms with van der Waals surface area (Å²) in [7, 11) is 5.43. The minimum absolute atomic E-state index is 0.0115. The zero-order valence-corrected chi connectivity index (χ0v) is 16.3. The van der Waals surface area contributed by atoms with Gasteiger partial charge < -0.3 is 14.4 Å². The monoisotopic (exact) mass is 378 g/mol. The molecule has 0 saturated carbocycles. The summed E-state index contributed by atoms with van der Waals surface area (Å²) in [6.45, 7) is 0.777. The quantitative estimate of drug-likeness (QED) is 0.751. The van der Waals surface area contributed by atoms with E-state index >= 15 is 0 Å². The van der Waals surface area contributed by atoms with E-state index in [1.54, 1.807) is 25.2 Å². The first-order valence-corrected chi connectivity index (χ1v) is 9.98. The summed E-state index contributed by atoms with van der Waals surface area (Å²) in [5.74, 6) is 0.526. The molecule has 1 atom stereocenters. The number of aryl methyl sites for hydroxylation is 1. The first kappa shape index (κ1) is 18.0. The van der Waals surface area contributed by atoms with Crippen LogP contribution in [0, 0.1) is 0 Å². The molecule has 0 spiro atoms. The van der Waals surface area contributed by atoms with Crippen molar-refractivity contribution in [2.24, 2.45) is 7.05 Å². The summed E-state index contributed by atoms with van der Waals surface area (Å²) >= 11 is 2.96. The number of nitrogens with zero attached hydrogens (tertiary/aromatic N) is 4. The molecule has 134 valence electrons. The van der Waals surface area contributed by atoms with Crippen LogP contribution in [0.25, 0.3) is 0 Å². The predicted molar refractivity (Wildman–Crippen MR) is 100.0 cm³/mol. The Hall–Kier alpha value is -1.80. The summed E-state index contributed by atoms with van der Waals surface area (Å²) in [5, 5.41) is 0.846. The van der Waals surface area contributed by atoms with Gasteiger partial charge in [-0.1, -0.05) is 11.8 Å². The van der Waals surface area contributed by atoms with Crippen LogP contribution in [0.3, 0.4) is 0 Å². The van der Waals surface area contributed by atoms with Crippen molar-refractivity contribution in [3.05, 3.63) is 34.3 Å². The second kappa shape index (κ2) is 7.61. The number of imidazole rings is 1. The Kier molecular flexibility index (Phi) is 5.48. The molecule has 1 aliphatic heterocycles. The lowest BCUT2D eigenvalue weighted by Gasteiger charge is -2.23. The van der Waals surface area contributed by atoms with Crippen molar-refractivity contribution >= 4 is 34.9 Å². The van der Waals surface area contributed by atoms with Crippen molar-refractivity contribution in [1.29, 1.82) is 0 Å². The fourth-order valence-corrected chi connectivity index (χ4v) is 4.92. The summed E-state index contributed by atoms with van der Waals surface area (Å²) in [5.41, 5.74) is 0. The van der Waals surface area contributed by atoms with Crippen LogP contribution in [0.4, 0.5) is 0 Å². The van der Waals surface area contributed by atoms with Crippen LogP contribution in [-0.2, 0) is 11.8 Å². The van der Waals surface area contributed by atoms with Gasteiger partial charge in [-0.25, -0.2) is 4.98 Å². The standard InChI is InChI=1S/C17H22N4O2S2/c1-19(2)16(23)14-7-6-13(25-14)12-5-4-9-21(12)15(22)11-24-17-18-8-10-20(17)3/h6-8,10,12H,4-5,9,11H2,1-3H3/t12-/m0/s1. The molecule has 3 rings (SSSR count). The molecule has 8 heteroatoms. The molecule has 0 unspecified atom stereocenters. The molecule has 1 saturated heterocycles. The number of aromatic nitrogens is 2. The van der Waals surface area contributed by atoms with Gasteiger partial charge in [0.1, 0.15) is 0 Å². The third-order valence-electron chi connectivity index (χ3n) is 4.25. The lowest BCUT2D eigenvalue weighted by atomic mass is 10.2. The number of hydrogen-bond acceptors (Lipinski definition) is 5. The number of hydrogen-bond donors (Lipinski definition) is 0. The van der Waals surface area contributed by atoms with E-state index in [9.17, 15) is 9.59 Å². The van der Waals surface area contributed by atoms with E-state index in [4.69, 9.17) is 0 Å². The van der Waals surface area contributed by atoms with Crippen LogP contribution in [0.1, 0.15) is 33.4 Å². The maximum absolute atomic E-state index is 12.7. The van der Waals surface area contributed by atoms with E-state index in [1.807, 2.05) is 34.8 Å². The molecule has 2 aromatic heterocycles. The molecule has 0 N–H and O–H groups in total. The Bertz CT molecular complexity index is 768. The van der Waals surface area contributed by atoms with Crippen LogP contribution >= 0.6 is 23.1 Å². The van der Waals surface area contributed by atoms with Gasteiger partial charge in [0.05, 0.1) is 16.7 Å². The van der Waals surface area contributed by atoms with Gasteiger partial charge in [0.2, 0.25) is 5.91 Å². The summed E-state index contributed by atoms with van der Waals surface area (Å²) in [6.07, 6.45) is 5.56. The summed E-state index contributed by atoms with van der Waals surface area (Å²) < 4.78 is 1.91. The molecule has 2 aromatic rings. The second-order valence-electron chi connectivity index (χ2n) is 6.26. The van der Waals surface area contributed by atoms with Gasteiger partial charge in [-0.3, -0.25) is 9.59 Å². The molecule has 2 amide bonds. The number of thiophene rings is 1. The van der Waals surface area contributed by atoms with E-state index in [1.165, 1.54) is 23.1 Å². The fourth-order valence-electron chi connectivity index (χ4n) is 2.93. The first-order valence-electron chi connectivity index (χ1n) is 8.18. The number of rotatable bonds is 5. The largest absolute Gasteiger partial charge is 0.344 e. The topological polar surface area (TPSA) is 58.4 Å².